The molecule has 4 nitrogen and oxygen atoms in total. The van der Waals surface area contributed by atoms with Crippen molar-refractivity contribution in [2.45, 2.75) is 32.2 Å². The van der Waals surface area contributed by atoms with Crippen LogP contribution in [0.4, 0.5) is 0 Å². The minimum Gasteiger partial charge on any atom is -0.474 e. The van der Waals surface area contributed by atoms with E-state index in [-0.39, 0.29) is 6.04 Å². The van der Waals surface area contributed by atoms with Crippen LogP contribution in [0, 0.1) is 5.92 Å². The van der Waals surface area contributed by atoms with Gasteiger partial charge >= 0.3 is 11.9 Å². The lowest BCUT2D eigenvalue weighted by molar-refractivity contribution is -0.150. The first kappa shape index (κ1) is 9.03. The highest BCUT2D eigenvalue weighted by Crippen LogP contribution is 2.29. The Balaban J connectivity index is 2.29. The molecule has 0 aromatic heterocycles. The Morgan fingerprint density at radius 1 is 1.50 bits per heavy atom. The zero-order chi connectivity index (χ0) is 9.14. The average Bonchev–Trinajstić information content (AvgIpc) is 1.82. The highest BCUT2D eigenvalue weighted by molar-refractivity contribution is 6.31. The second-order valence-corrected chi connectivity index (χ2v) is 3.26. The van der Waals surface area contributed by atoms with Gasteiger partial charge in [-0.25, -0.2) is 4.79 Å². The van der Waals surface area contributed by atoms with Crippen LogP contribution < -0.4 is 5.32 Å². The van der Waals surface area contributed by atoms with E-state index in [1.807, 2.05) is 6.92 Å². The molecular formula is C8H13NO3. The molecule has 0 aromatic carbocycles. The summed E-state index contributed by atoms with van der Waals surface area (Å²) >= 11 is 0. The van der Waals surface area contributed by atoms with Gasteiger partial charge in [-0.05, 0) is 25.7 Å². The average molecular weight is 171 g/mol. The Labute approximate surface area is 71.0 Å². The lowest BCUT2D eigenvalue weighted by Gasteiger charge is -2.31. The number of carbonyl (C=O) groups excluding carboxylic acids is 1. The van der Waals surface area contributed by atoms with E-state index in [0.29, 0.717) is 5.92 Å². The fourth-order valence-electron chi connectivity index (χ4n) is 1.33. The van der Waals surface area contributed by atoms with E-state index in [0.717, 1.165) is 12.8 Å². The van der Waals surface area contributed by atoms with Crippen LogP contribution in [0.2, 0.25) is 0 Å². The summed E-state index contributed by atoms with van der Waals surface area (Å²) in [7, 11) is 0. The van der Waals surface area contributed by atoms with Crippen molar-refractivity contribution >= 4 is 11.9 Å². The lowest BCUT2D eigenvalue weighted by atomic mass is 9.80. The molecular weight excluding hydrogens is 158 g/mol. The van der Waals surface area contributed by atoms with Gasteiger partial charge in [0.25, 0.3) is 0 Å². The molecule has 0 aromatic rings. The number of carboxylic acid groups (broad SMARTS) is 1. The van der Waals surface area contributed by atoms with Crippen molar-refractivity contribution in [3.05, 3.63) is 0 Å². The fraction of sp³-hybridized carbons (Fsp3) is 0.750. The number of aliphatic carboxylic acids is 1. The Morgan fingerprint density at radius 2 is 2.08 bits per heavy atom. The molecule has 1 aliphatic carbocycles. The Morgan fingerprint density at radius 3 is 2.42 bits per heavy atom. The normalized spacial score (nSPS) is 19.4. The number of amides is 1. The first-order valence-electron chi connectivity index (χ1n) is 4.15. The van der Waals surface area contributed by atoms with Crippen LogP contribution in [0.3, 0.4) is 0 Å². The molecule has 68 valence electrons. The van der Waals surface area contributed by atoms with Gasteiger partial charge in [-0.1, -0.05) is 6.42 Å². The monoisotopic (exact) mass is 171 g/mol. The zero-order valence-corrected chi connectivity index (χ0v) is 7.04. The van der Waals surface area contributed by atoms with E-state index in [1.165, 1.54) is 6.42 Å². The highest BCUT2D eigenvalue weighted by atomic mass is 16.4. The van der Waals surface area contributed by atoms with Crippen molar-refractivity contribution in [1.82, 2.24) is 5.32 Å². The standard InChI is InChI=1S/C8H13NO3/c1-5(6-3-2-4-6)9-7(10)8(11)12/h5-6H,2-4H2,1H3,(H,9,10)(H,11,12)/t5-/m1/s1. The highest BCUT2D eigenvalue weighted by Gasteiger charge is 2.26. The van der Waals surface area contributed by atoms with Crippen LogP contribution in [-0.2, 0) is 9.59 Å². The third-order valence-electron chi connectivity index (χ3n) is 2.41. The summed E-state index contributed by atoms with van der Waals surface area (Å²) in [6.07, 6.45) is 3.39. The van der Waals surface area contributed by atoms with Crippen LogP contribution in [0.5, 0.6) is 0 Å². The molecule has 1 amide bonds. The van der Waals surface area contributed by atoms with E-state index in [9.17, 15) is 9.59 Å². The van der Waals surface area contributed by atoms with Gasteiger partial charge in [0, 0.05) is 6.04 Å². The molecule has 1 fully saturated rings. The smallest absolute Gasteiger partial charge is 0.394 e. The quantitative estimate of drug-likeness (QED) is 0.590. The second-order valence-electron chi connectivity index (χ2n) is 3.26. The number of carboxylic acids is 1. The summed E-state index contributed by atoms with van der Waals surface area (Å²) in [4.78, 5) is 20.8. The van der Waals surface area contributed by atoms with Crippen LogP contribution >= 0.6 is 0 Å². The number of hydrogen-bond acceptors (Lipinski definition) is 2. The van der Waals surface area contributed by atoms with Gasteiger partial charge in [-0.15, -0.1) is 0 Å². The maximum Gasteiger partial charge on any atom is 0.394 e. The van der Waals surface area contributed by atoms with E-state index in [1.54, 1.807) is 0 Å². The third-order valence-corrected chi connectivity index (χ3v) is 2.41. The molecule has 0 bridgehead atoms. The number of hydrogen-bond donors (Lipinski definition) is 2. The van der Waals surface area contributed by atoms with Gasteiger partial charge in [0.05, 0.1) is 0 Å². The first-order valence-corrected chi connectivity index (χ1v) is 4.15. The van der Waals surface area contributed by atoms with Gasteiger partial charge in [-0.2, -0.15) is 0 Å². The summed E-state index contributed by atoms with van der Waals surface area (Å²) in [6.45, 7) is 1.85. The molecule has 2 N–H and O–H groups in total. The Bertz CT molecular complexity index is 198. The van der Waals surface area contributed by atoms with Crippen molar-refractivity contribution in [2.75, 3.05) is 0 Å². The lowest BCUT2D eigenvalue weighted by Crippen LogP contribution is -2.43. The molecule has 0 saturated heterocycles. The van der Waals surface area contributed by atoms with E-state index in [2.05, 4.69) is 5.32 Å². The molecule has 0 spiro atoms. The number of nitrogens with one attached hydrogen (secondary N) is 1. The third kappa shape index (κ3) is 1.96. The summed E-state index contributed by atoms with van der Waals surface area (Å²) in [5.41, 5.74) is 0. The molecule has 0 unspecified atom stereocenters. The van der Waals surface area contributed by atoms with Gasteiger partial charge in [0.2, 0.25) is 0 Å². The van der Waals surface area contributed by atoms with Crippen LogP contribution in [-0.4, -0.2) is 23.0 Å². The van der Waals surface area contributed by atoms with Crippen molar-refractivity contribution in [2.24, 2.45) is 5.92 Å². The molecule has 12 heavy (non-hydrogen) atoms. The minimum absolute atomic E-state index is 0.00218. The van der Waals surface area contributed by atoms with E-state index >= 15 is 0 Å². The summed E-state index contributed by atoms with van der Waals surface area (Å²) in [5.74, 6) is -1.82. The van der Waals surface area contributed by atoms with Crippen molar-refractivity contribution in [3.8, 4) is 0 Å². The van der Waals surface area contributed by atoms with Gasteiger partial charge < -0.3 is 10.4 Å². The SMILES string of the molecule is C[C@@H](NC(=O)C(=O)O)C1CCC1. The minimum atomic E-state index is -1.40. The largest absolute Gasteiger partial charge is 0.474 e. The van der Waals surface area contributed by atoms with Crippen molar-refractivity contribution in [3.63, 3.8) is 0 Å². The van der Waals surface area contributed by atoms with Crippen LogP contribution in [0.25, 0.3) is 0 Å². The molecule has 0 heterocycles. The van der Waals surface area contributed by atoms with Crippen molar-refractivity contribution < 1.29 is 14.7 Å². The fourth-order valence-corrected chi connectivity index (χ4v) is 1.33. The molecule has 0 aliphatic heterocycles. The molecule has 1 saturated carbocycles. The maximum absolute atomic E-state index is 10.7. The predicted molar refractivity (Wildman–Crippen MR) is 42.6 cm³/mol. The number of carbonyl (C=O) groups is 2. The van der Waals surface area contributed by atoms with E-state index in [4.69, 9.17) is 5.11 Å². The predicted octanol–water partition coefficient (Wildman–Crippen LogP) is 0.376. The van der Waals surface area contributed by atoms with Gasteiger partial charge in [0.1, 0.15) is 0 Å². The molecule has 1 aliphatic rings. The summed E-state index contributed by atoms with van der Waals surface area (Å²) in [5, 5.41) is 10.7. The number of rotatable bonds is 2. The summed E-state index contributed by atoms with van der Waals surface area (Å²) < 4.78 is 0. The Hall–Kier alpha value is -1.06. The molecule has 1 atom stereocenters. The Kier molecular flexibility index (Phi) is 2.68. The van der Waals surface area contributed by atoms with Crippen LogP contribution in [0.15, 0.2) is 0 Å². The van der Waals surface area contributed by atoms with E-state index < -0.39 is 11.9 Å². The molecule has 1 rings (SSSR count). The molecule has 0 radical (unpaired) electrons. The first-order chi connectivity index (χ1) is 5.61. The van der Waals surface area contributed by atoms with Crippen LogP contribution in [0.1, 0.15) is 26.2 Å². The second kappa shape index (κ2) is 3.56. The topological polar surface area (TPSA) is 66.4 Å². The maximum atomic E-state index is 10.7. The zero-order valence-electron chi connectivity index (χ0n) is 7.04. The van der Waals surface area contributed by atoms with Gasteiger partial charge in [-0.3, -0.25) is 4.79 Å². The molecule has 4 heteroatoms. The van der Waals surface area contributed by atoms with Crippen molar-refractivity contribution in [1.29, 1.82) is 0 Å². The summed E-state index contributed by atoms with van der Waals surface area (Å²) in [6, 6.07) is 0.00218. The van der Waals surface area contributed by atoms with Gasteiger partial charge in [0.15, 0.2) is 0 Å².